The molecule has 3 nitrogen and oxygen atoms in total. The van der Waals surface area contributed by atoms with E-state index in [1.807, 2.05) is 0 Å². The van der Waals surface area contributed by atoms with Gasteiger partial charge in [-0.05, 0) is 18.9 Å². The van der Waals surface area contributed by atoms with E-state index in [1.165, 1.54) is 0 Å². The molecule has 0 aromatic carbocycles. The minimum Gasteiger partial charge on any atom is -0.290 e. The van der Waals surface area contributed by atoms with Gasteiger partial charge in [-0.1, -0.05) is 15.9 Å². The van der Waals surface area contributed by atoms with E-state index >= 15 is 0 Å². The smallest absolute Gasteiger partial charge is 0.138 e. The van der Waals surface area contributed by atoms with Crippen LogP contribution in [0.2, 0.25) is 0 Å². The Morgan fingerprint density at radius 1 is 1.62 bits per heavy atom. The van der Waals surface area contributed by atoms with Crippen molar-refractivity contribution in [3.63, 3.8) is 0 Å². The first-order valence-electron chi connectivity index (χ1n) is 7.25. The van der Waals surface area contributed by atoms with Crippen LogP contribution in [0.25, 0.3) is 5.82 Å². The van der Waals surface area contributed by atoms with Crippen molar-refractivity contribution in [3.05, 3.63) is 40.9 Å². The third-order valence-electron chi connectivity index (χ3n) is 1.24. The highest BCUT2D eigenvalue weighted by Gasteiger charge is 1.98. The summed E-state index contributed by atoms with van der Waals surface area (Å²) in [5.74, 6) is -0.291. The second-order valence-electron chi connectivity index (χ2n) is 2.12. The Bertz CT molecular complexity index is 723. The minimum absolute atomic E-state index is 0.0274. The SMILES string of the molecule is [2H]c1nc(-n2c([2H])nc(C([2H])([2H])[2H])c2[2H])c([2H])c(Br)c1[2H]. The molecule has 0 amide bonds. The highest BCUT2D eigenvalue weighted by molar-refractivity contribution is 9.10. The maximum Gasteiger partial charge on any atom is 0.138 e. The Hall–Kier alpha value is -1.16. The van der Waals surface area contributed by atoms with Crippen LogP contribution in [-0.2, 0) is 0 Å². The third-order valence-corrected chi connectivity index (χ3v) is 1.64. The Labute approximate surface area is 95.8 Å². The summed E-state index contributed by atoms with van der Waals surface area (Å²) in [6.07, 6.45) is -1.63. The molecule has 2 heterocycles. The number of pyridine rings is 1. The summed E-state index contributed by atoms with van der Waals surface area (Å²) in [5.41, 5.74) is -0.577. The molecule has 2 rings (SSSR count). The lowest BCUT2D eigenvalue weighted by molar-refractivity contribution is 0.990. The molecule has 13 heavy (non-hydrogen) atoms. The molecule has 66 valence electrons. The maximum absolute atomic E-state index is 7.86. The average Bonchev–Trinajstić information content (AvgIpc) is 2.67. The molecular formula is C9H8BrN3. The first-order valence-corrected chi connectivity index (χ1v) is 4.05. The first-order chi connectivity index (χ1) is 9.55. The van der Waals surface area contributed by atoms with E-state index in [1.54, 1.807) is 0 Å². The molecule has 2 aromatic heterocycles. The molecule has 0 bridgehead atoms. The van der Waals surface area contributed by atoms with E-state index in [-0.39, 0.29) is 22.4 Å². The number of rotatable bonds is 1. The Kier molecular flexibility index (Phi) is 0.813. The molecule has 0 saturated carbocycles. The van der Waals surface area contributed by atoms with Gasteiger partial charge in [0.2, 0.25) is 0 Å². The van der Waals surface area contributed by atoms with Crippen LogP contribution in [0.5, 0.6) is 0 Å². The summed E-state index contributed by atoms with van der Waals surface area (Å²) in [6, 6.07) is -0.634. The molecule has 0 radical (unpaired) electrons. The van der Waals surface area contributed by atoms with Crippen LogP contribution in [0, 0.1) is 6.85 Å². The molecule has 0 atom stereocenters. The lowest BCUT2D eigenvalue weighted by Gasteiger charge is -1.99. The molecule has 2 aromatic rings. The quantitative estimate of drug-likeness (QED) is 0.773. The molecule has 0 fully saturated rings. The minimum atomic E-state index is -2.67. The molecular weight excluding hydrogens is 230 g/mol. The number of imidazole rings is 1. The van der Waals surface area contributed by atoms with Crippen molar-refractivity contribution in [1.29, 1.82) is 0 Å². The Morgan fingerprint density at radius 2 is 2.54 bits per heavy atom. The van der Waals surface area contributed by atoms with Crippen LogP contribution in [0.3, 0.4) is 0 Å². The number of nitrogens with zero attached hydrogens (tertiary/aromatic N) is 3. The molecule has 0 spiro atoms. The predicted molar refractivity (Wildman–Crippen MR) is 53.8 cm³/mol. The Morgan fingerprint density at radius 3 is 3.31 bits per heavy atom. The molecule has 0 saturated heterocycles. The average molecular weight is 246 g/mol. The van der Waals surface area contributed by atoms with Gasteiger partial charge in [0.1, 0.15) is 13.5 Å². The van der Waals surface area contributed by atoms with Crippen molar-refractivity contribution in [2.45, 2.75) is 6.85 Å². The number of hydrogen-bond acceptors (Lipinski definition) is 2. The van der Waals surface area contributed by atoms with Crippen molar-refractivity contribution < 1.29 is 11.0 Å². The van der Waals surface area contributed by atoms with E-state index in [0.29, 0.717) is 0 Å². The fourth-order valence-corrected chi connectivity index (χ4v) is 1.02. The molecule has 0 aliphatic carbocycles. The molecule has 0 aliphatic rings. The van der Waals surface area contributed by atoms with Crippen LogP contribution in [-0.4, -0.2) is 14.5 Å². The van der Waals surface area contributed by atoms with Crippen molar-refractivity contribution >= 4 is 15.9 Å². The summed E-state index contributed by atoms with van der Waals surface area (Å²) < 4.78 is 61.0. The van der Waals surface area contributed by atoms with Gasteiger partial charge in [-0.3, -0.25) is 4.57 Å². The normalized spacial score (nSPS) is 20.1. The van der Waals surface area contributed by atoms with Crippen molar-refractivity contribution in [2.24, 2.45) is 0 Å². The molecule has 0 N–H and O–H groups in total. The third kappa shape index (κ3) is 1.78. The maximum atomic E-state index is 7.86. The predicted octanol–water partition coefficient (Wildman–Crippen LogP) is 2.34. The zero-order valence-electron chi connectivity index (χ0n) is 14.2. The summed E-state index contributed by atoms with van der Waals surface area (Å²) in [4.78, 5) is 7.19. The van der Waals surface area contributed by atoms with Gasteiger partial charge >= 0.3 is 0 Å². The lowest BCUT2D eigenvalue weighted by atomic mass is 10.4. The Balaban J connectivity index is 2.78. The summed E-state index contributed by atoms with van der Waals surface area (Å²) >= 11 is 2.97. The number of aromatic nitrogens is 3. The van der Waals surface area contributed by atoms with Crippen molar-refractivity contribution in [2.75, 3.05) is 0 Å². The van der Waals surface area contributed by atoms with Crippen molar-refractivity contribution in [1.82, 2.24) is 14.5 Å². The molecule has 0 aliphatic heterocycles. The molecule has 4 heteroatoms. The molecule has 0 unspecified atom stereocenters. The number of hydrogen-bond donors (Lipinski definition) is 0. The van der Waals surface area contributed by atoms with E-state index in [2.05, 4.69) is 25.9 Å². The fraction of sp³-hybridized carbons (Fsp3) is 0.111. The van der Waals surface area contributed by atoms with Gasteiger partial charge < -0.3 is 0 Å². The monoisotopic (exact) mass is 245 g/mol. The van der Waals surface area contributed by atoms with E-state index in [9.17, 15) is 0 Å². The summed E-state index contributed by atoms with van der Waals surface area (Å²) in [5, 5.41) is 0. The van der Waals surface area contributed by atoms with Gasteiger partial charge in [0.25, 0.3) is 0 Å². The van der Waals surface area contributed by atoms with Gasteiger partial charge in [-0.2, -0.15) is 0 Å². The van der Waals surface area contributed by atoms with Gasteiger partial charge in [0.05, 0.1) is 11.2 Å². The second-order valence-corrected chi connectivity index (χ2v) is 2.91. The lowest BCUT2D eigenvalue weighted by Crippen LogP contribution is -1.92. The fourth-order valence-electron chi connectivity index (χ4n) is 0.749. The zero-order chi connectivity index (χ0) is 16.1. The number of halogens is 1. The first kappa shape index (κ1) is 3.20. The van der Waals surface area contributed by atoms with Gasteiger partial charge in [0.15, 0.2) is 0 Å². The van der Waals surface area contributed by atoms with Crippen LogP contribution in [0.4, 0.5) is 0 Å². The summed E-state index contributed by atoms with van der Waals surface area (Å²) in [7, 11) is 0. The van der Waals surface area contributed by atoms with Crippen LogP contribution < -0.4 is 0 Å². The second kappa shape index (κ2) is 3.30. The van der Waals surface area contributed by atoms with E-state index in [4.69, 9.17) is 11.0 Å². The number of aryl methyl sites for hydroxylation is 1. The van der Waals surface area contributed by atoms with Gasteiger partial charge in [0, 0.05) is 20.9 Å². The van der Waals surface area contributed by atoms with Crippen molar-refractivity contribution in [3.8, 4) is 5.82 Å². The van der Waals surface area contributed by atoms with E-state index in [0.717, 1.165) is 4.57 Å². The highest BCUT2D eigenvalue weighted by atomic mass is 79.9. The van der Waals surface area contributed by atoms with E-state index < -0.39 is 31.2 Å². The standard InChI is InChI=1S/C9H8BrN3/c1-7-5-13(6-12-7)9-4-8(10)2-3-11-9/h2-6H,1H3/i1D3,2D,3D,4D,5D,6D. The topological polar surface area (TPSA) is 30.7 Å². The summed E-state index contributed by atoms with van der Waals surface area (Å²) in [6.45, 7) is -2.67. The van der Waals surface area contributed by atoms with Gasteiger partial charge in [-0.15, -0.1) is 0 Å². The van der Waals surface area contributed by atoms with Gasteiger partial charge in [-0.25, -0.2) is 9.97 Å². The van der Waals surface area contributed by atoms with Crippen LogP contribution in [0.15, 0.2) is 35.2 Å². The zero-order valence-corrected chi connectivity index (χ0v) is 7.81. The largest absolute Gasteiger partial charge is 0.290 e. The van der Waals surface area contributed by atoms with Crippen LogP contribution in [0.1, 0.15) is 16.7 Å². The highest BCUT2D eigenvalue weighted by Crippen LogP contribution is 2.12. The van der Waals surface area contributed by atoms with Crippen LogP contribution >= 0.6 is 15.9 Å².